The molecule has 0 aliphatic heterocycles. The predicted molar refractivity (Wildman–Crippen MR) is 56.0 cm³/mol. The number of aliphatic hydroxyl groups is 2. The number of halogens is 2. The summed E-state index contributed by atoms with van der Waals surface area (Å²) in [4.78, 5) is 0. The lowest BCUT2D eigenvalue weighted by Crippen LogP contribution is -2.30. The monoisotopic (exact) mass is 231 g/mol. The third kappa shape index (κ3) is 2.55. The lowest BCUT2D eigenvalue weighted by atomic mass is 10.0. The summed E-state index contributed by atoms with van der Waals surface area (Å²) < 4.78 is 26.9. The predicted octanol–water partition coefficient (Wildman–Crippen LogP) is 0.887. The van der Waals surface area contributed by atoms with Gasteiger partial charge in [0.05, 0.1) is 11.7 Å². The first-order valence-corrected chi connectivity index (χ1v) is 4.94. The van der Waals surface area contributed by atoms with Gasteiger partial charge in [0.1, 0.15) is 17.7 Å². The van der Waals surface area contributed by atoms with Crippen molar-refractivity contribution in [1.82, 2.24) is 5.32 Å². The van der Waals surface area contributed by atoms with E-state index in [2.05, 4.69) is 5.32 Å². The highest BCUT2D eigenvalue weighted by atomic mass is 19.1. The molecule has 0 fully saturated rings. The molecule has 1 aromatic rings. The van der Waals surface area contributed by atoms with Crippen molar-refractivity contribution in [3.05, 3.63) is 34.9 Å². The number of aliphatic hydroxyl groups excluding tert-OH is 2. The van der Waals surface area contributed by atoms with Gasteiger partial charge in [0.2, 0.25) is 0 Å². The molecule has 2 atom stereocenters. The summed E-state index contributed by atoms with van der Waals surface area (Å²) in [7, 11) is 1.57. The molecule has 0 radical (unpaired) electrons. The molecule has 0 spiro atoms. The molecule has 16 heavy (non-hydrogen) atoms. The van der Waals surface area contributed by atoms with Crippen molar-refractivity contribution in [1.29, 1.82) is 0 Å². The van der Waals surface area contributed by atoms with E-state index in [4.69, 9.17) is 0 Å². The molecule has 5 heteroatoms. The van der Waals surface area contributed by atoms with Crippen molar-refractivity contribution >= 4 is 0 Å². The summed E-state index contributed by atoms with van der Waals surface area (Å²) in [5.41, 5.74) is -0.255. The standard InChI is InChI=1S/C11H15F2NO2/c1-6-3-4-7(12)9(10(6)13)11(16)8(15)5-14-2/h3-4,8,11,14-16H,5H2,1-2H3. The number of nitrogens with one attached hydrogen (secondary N) is 1. The van der Waals surface area contributed by atoms with Crippen LogP contribution in [0.15, 0.2) is 12.1 Å². The third-order valence-corrected chi connectivity index (χ3v) is 2.39. The maximum Gasteiger partial charge on any atom is 0.134 e. The largest absolute Gasteiger partial charge is 0.389 e. The van der Waals surface area contributed by atoms with Crippen molar-refractivity contribution in [2.45, 2.75) is 19.1 Å². The minimum atomic E-state index is -1.58. The first-order valence-electron chi connectivity index (χ1n) is 4.94. The average Bonchev–Trinajstić information content (AvgIpc) is 2.24. The lowest BCUT2D eigenvalue weighted by molar-refractivity contribution is 0.0158. The van der Waals surface area contributed by atoms with Crippen LogP contribution in [-0.2, 0) is 0 Å². The third-order valence-electron chi connectivity index (χ3n) is 2.39. The molecule has 0 heterocycles. The molecule has 1 aromatic carbocycles. The zero-order valence-electron chi connectivity index (χ0n) is 9.17. The van der Waals surface area contributed by atoms with Gasteiger partial charge in [-0.15, -0.1) is 0 Å². The lowest BCUT2D eigenvalue weighted by Gasteiger charge is -2.19. The van der Waals surface area contributed by atoms with E-state index < -0.39 is 29.4 Å². The van der Waals surface area contributed by atoms with Crippen LogP contribution in [0.4, 0.5) is 8.78 Å². The van der Waals surface area contributed by atoms with Crippen LogP contribution in [0, 0.1) is 18.6 Å². The fourth-order valence-electron chi connectivity index (χ4n) is 1.46. The van der Waals surface area contributed by atoms with Crippen molar-refractivity contribution < 1.29 is 19.0 Å². The maximum absolute atomic E-state index is 13.6. The highest BCUT2D eigenvalue weighted by molar-refractivity contribution is 5.29. The van der Waals surface area contributed by atoms with Crippen molar-refractivity contribution in [2.75, 3.05) is 13.6 Å². The average molecular weight is 231 g/mol. The van der Waals surface area contributed by atoms with E-state index in [-0.39, 0.29) is 12.1 Å². The second kappa shape index (κ2) is 5.34. The summed E-state index contributed by atoms with van der Waals surface area (Å²) in [6, 6.07) is 2.36. The SMILES string of the molecule is CNCC(O)C(O)c1c(F)ccc(C)c1F. The van der Waals surface area contributed by atoms with Crippen molar-refractivity contribution in [3.63, 3.8) is 0 Å². The van der Waals surface area contributed by atoms with E-state index in [1.165, 1.54) is 13.0 Å². The molecule has 2 unspecified atom stereocenters. The molecule has 0 aliphatic rings. The van der Waals surface area contributed by atoms with Crippen LogP contribution in [0.5, 0.6) is 0 Å². The Morgan fingerprint density at radius 1 is 1.31 bits per heavy atom. The van der Waals surface area contributed by atoms with Crippen LogP contribution in [-0.4, -0.2) is 29.9 Å². The molecule has 3 nitrogen and oxygen atoms in total. The van der Waals surface area contributed by atoms with Gasteiger partial charge < -0.3 is 15.5 Å². The summed E-state index contributed by atoms with van der Waals surface area (Å²) >= 11 is 0. The summed E-state index contributed by atoms with van der Waals surface area (Å²) in [6.45, 7) is 1.52. The summed E-state index contributed by atoms with van der Waals surface area (Å²) in [5, 5.41) is 21.7. The van der Waals surface area contributed by atoms with E-state index in [1.54, 1.807) is 7.05 Å². The van der Waals surface area contributed by atoms with Crippen LogP contribution >= 0.6 is 0 Å². The van der Waals surface area contributed by atoms with E-state index in [0.717, 1.165) is 6.07 Å². The Hall–Kier alpha value is -1.04. The topological polar surface area (TPSA) is 52.5 Å². The van der Waals surface area contributed by atoms with Crippen LogP contribution < -0.4 is 5.32 Å². The quantitative estimate of drug-likeness (QED) is 0.721. The van der Waals surface area contributed by atoms with Gasteiger partial charge in [-0.3, -0.25) is 0 Å². The summed E-state index contributed by atoms with van der Waals surface area (Å²) in [5.74, 6) is -1.67. The highest BCUT2D eigenvalue weighted by Gasteiger charge is 2.25. The molecule has 90 valence electrons. The summed E-state index contributed by atoms with van der Waals surface area (Å²) in [6.07, 6.45) is -2.83. The number of hydrogen-bond donors (Lipinski definition) is 3. The second-order valence-corrected chi connectivity index (χ2v) is 3.66. The van der Waals surface area contributed by atoms with Crippen molar-refractivity contribution in [2.24, 2.45) is 0 Å². The molecular formula is C11H15F2NO2. The Bertz CT molecular complexity index is 371. The van der Waals surface area contributed by atoms with Gasteiger partial charge in [-0.2, -0.15) is 0 Å². The van der Waals surface area contributed by atoms with Gasteiger partial charge in [0.25, 0.3) is 0 Å². The van der Waals surface area contributed by atoms with Crippen LogP contribution in [0.1, 0.15) is 17.2 Å². The zero-order valence-corrected chi connectivity index (χ0v) is 9.17. The normalized spacial score (nSPS) is 14.9. The Morgan fingerprint density at radius 3 is 2.50 bits per heavy atom. The van der Waals surface area contributed by atoms with E-state index >= 15 is 0 Å². The van der Waals surface area contributed by atoms with Crippen LogP contribution in [0.3, 0.4) is 0 Å². The Balaban J connectivity index is 3.07. The minimum absolute atomic E-state index is 0.0496. The smallest absolute Gasteiger partial charge is 0.134 e. The van der Waals surface area contributed by atoms with E-state index in [0.29, 0.717) is 0 Å². The first kappa shape index (κ1) is 13.0. The van der Waals surface area contributed by atoms with Crippen LogP contribution in [0.2, 0.25) is 0 Å². The molecule has 3 N–H and O–H groups in total. The van der Waals surface area contributed by atoms with Gasteiger partial charge in [-0.1, -0.05) is 6.07 Å². The molecule has 0 amide bonds. The van der Waals surface area contributed by atoms with E-state index in [1.807, 2.05) is 0 Å². The van der Waals surface area contributed by atoms with Gasteiger partial charge in [-0.05, 0) is 25.6 Å². The van der Waals surface area contributed by atoms with Gasteiger partial charge in [0.15, 0.2) is 0 Å². The molecule has 0 aliphatic carbocycles. The molecular weight excluding hydrogens is 216 g/mol. The number of rotatable bonds is 4. The Morgan fingerprint density at radius 2 is 1.94 bits per heavy atom. The Labute approximate surface area is 92.7 Å². The van der Waals surface area contributed by atoms with Gasteiger partial charge in [-0.25, -0.2) is 8.78 Å². The van der Waals surface area contributed by atoms with Gasteiger partial charge >= 0.3 is 0 Å². The minimum Gasteiger partial charge on any atom is -0.389 e. The fraction of sp³-hybridized carbons (Fsp3) is 0.455. The maximum atomic E-state index is 13.6. The molecule has 0 saturated heterocycles. The highest BCUT2D eigenvalue weighted by Crippen LogP contribution is 2.25. The second-order valence-electron chi connectivity index (χ2n) is 3.66. The Kier molecular flexibility index (Phi) is 4.35. The molecule has 0 saturated carbocycles. The fourth-order valence-corrected chi connectivity index (χ4v) is 1.46. The van der Waals surface area contributed by atoms with Crippen molar-refractivity contribution in [3.8, 4) is 0 Å². The molecule has 1 rings (SSSR count). The van der Waals surface area contributed by atoms with Gasteiger partial charge in [0, 0.05) is 6.54 Å². The zero-order chi connectivity index (χ0) is 12.3. The van der Waals surface area contributed by atoms with E-state index in [9.17, 15) is 19.0 Å². The first-order chi connectivity index (χ1) is 7.49. The molecule has 0 bridgehead atoms. The number of likely N-dealkylation sites (N-methyl/N-ethyl adjacent to an activating group) is 1. The number of hydrogen-bond acceptors (Lipinski definition) is 3. The molecule has 0 aromatic heterocycles. The number of benzene rings is 1. The number of aryl methyl sites for hydroxylation is 1. The van der Waals surface area contributed by atoms with Crippen LogP contribution in [0.25, 0.3) is 0 Å².